The summed E-state index contributed by atoms with van der Waals surface area (Å²) in [7, 11) is 0. The molecule has 0 bridgehead atoms. The number of imide groups is 1. The van der Waals surface area contributed by atoms with Crippen molar-refractivity contribution in [2.75, 3.05) is 0 Å². The van der Waals surface area contributed by atoms with Gasteiger partial charge in [-0.3, -0.25) is 14.5 Å². The Bertz CT molecular complexity index is 358. The third-order valence-electron chi connectivity index (χ3n) is 3.56. The van der Waals surface area contributed by atoms with Gasteiger partial charge in [0.25, 0.3) is 0 Å². The summed E-state index contributed by atoms with van der Waals surface area (Å²) < 4.78 is 0. The zero-order chi connectivity index (χ0) is 12.1. The number of carbonyl (C=O) groups excluding carboxylic acids is 2. The number of likely N-dealkylation sites (tertiary alicyclic amines) is 1. The number of amides is 2. The summed E-state index contributed by atoms with van der Waals surface area (Å²) in [4.78, 5) is 35.9. The lowest BCUT2D eigenvalue weighted by atomic mass is 9.93. The molecule has 2 fully saturated rings. The third kappa shape index (κ3) is 1.27. The molecule has 1 aliphatic carbocycles. The van der Waals surface area contributed by atoms with E-state index in [0.717, 1.165) is 4.90 Å². The maximum atomic E-state index is 11.8. The fourth-order valence-corrected chi connectivity index (χ4v) is 2.47. The summed E-state index contributed by atoms with van der Waals surface area (Å²) >= 11 is 0. The van der Waals surface area contributed by atoms with Gasteiger partial charge < -0.3 is 5.11 Å². The molecule has 1 saturated heterocycles. The number of hydrogen-bond donors (Lipinski definition) is 1. The van der Waals surface area contributed by atoms with Crippen LogP contribution in [-0.4, -0.2) is 33.3 Å². The molecule has 16 heavy (non-hydrogen) atoms. The Morgan fingerprint density at radius 1 is 1.44 bits per heavy atom. The van der Waals surface area contributed by atoms with Crippen molar-refractivity contribution in [3.63, 3.8) is 0 Å². The fraction of sp³-hybridized carbons (Fsp3) is 0.727. The predicted molar refractivity (Wildman–Crippen MR) is 54.4 cm³/mol. The topological polar surface area (TPSA) is 74.7 Å². The number of aliphatic carboxylic acids is 1. The number of piperidine rings is 1. The zero-order valence-corrected chi connectivity index (χ0v) is 9.40. The number of fused-ring (bicyclic) bond motifs is 1. The van der Waals surface area contributed by atoms with E-state index in [1.165, 1.54) is 6.92 Å². The van der Waals surface area contributed by atoms with Gasteiger partial charge in [-0.05, 0) is 19.8 Å². The Kier molecular flexibility index (Phi) is 2.29. The SMILES string of the molecule is CCCC(C)(C(=O)O)N1C(=O)C2CC2C1=O. The van der Waals surface area contributed by atoms with Crippen molar-refractivity contribution >= 4 is 17.8 Å². The second-order valence-corrected chi connectivity index (χ2v) is 4.79. The second-order valence-electron chi connectivity index (χ2n) is 4.79. The Hall–Kier alpha value is -1.39. The molecule has 1 saturated carbocycles. The van der Waals surface area contributed by atoms with Gasteiger partial charge in [0.05, 0.1) is 11.8 Å². The summed E-state index contributed by atoms with van der Waals surface area (Å²) in [6, 6.07) is 0. The maximum Gasteiger partial charge on any atom is 0.329 e. The lowest BCUT2D eigenvalue weighted by Gasteiger charge is -2.34. The molecule has 2 amide bonds. The van der Waals surface area contributed by atoms with Gasteiger partial charge in [0.2, 0.25) is 11.8 Å². The normalized spacial score (nSPS) is 31.2. The quantitative estimate of drug-likeness (QED) is 0.712. The Morgan fingerprint density at radius 2 is 1.94 bits per heavy atom. The first-order chi connectivity index (χ1) is 7.43. The molecular formula is C11H15NO4. The molecule has 1 heterocycles. The average molecular weight is 225 g/mol. The zero-order valence-electron chi connectivity index (χ0n) is 9.40. The number of rotatable bonds is 4. The van der Waals surface area contributed by atoms with Crippen molar-refractivity contribution in [3.8, 4) is 0 Å². The first-order valence-corrected chi connectivity index (χ1v) is 5.54. The summed E-state index contributed by atoms with van der Waals surface area (Å²) in [5.41, 5.74) is -1.36. The molecule has 3 unspecified atom stereocenters. The Labute approximate surface area is 93.4 Å². The first-order valence-electron chi connectivity index (χ1n) is 5.54. The summed E-state index contributed by atoms with van der Waals surface area (Å²) in [5.74, 6) is -2.16. The molecule has 2 rings (SSSR count). The van der Waals surface area contributed by atoms with Crippen LogP contribution in [0.4, 0.5) is 0 Å². The molecule has 1 aliphatic heterocycles. The Morgan fingerprint density at radius 3 is 2.31 bits per heavy atom. The molecule has 0 aromatic carbocycles. The van der Waals surface area contributed by atoms with Crippen LogP contribution in [0.25, 0.3) is 0 Å². The minimum absolute atomic E-state index is 0.233. The van der Waals surface area contributed by atoms with Crippen molar-refractivity contribution in [1.82, 2.24) is 4.90 Å². The molecule has 1 N–H and O–H groups in total. The lowest BCUT2D eigenvalue weighted by molar-refractivity contribution is -0.164. The number of carboxylic acid groups (broad SMARTS) is 1. The third-order valence-corrected chi connectivity index (χ3v) is 3.56. The molecule has 0 aromatic rings. The molecule has 5 heteroatoms. The van der Waals surface area contributed by atoms with E-state index in [9.17, 15) is 19.5 Å². The smallest absolute Gasteiger partial charge is 0.329 e. The summed E-state index contributed by atoms with van der Waals surface area (Å²) in [6.07, 6.45) is 1.53. The molecule has 0 aromatic heterocycles. The number of carbonyl (C=O) groups is 3. The van der Waals surface area contributed by atoms with Crippen LogP contribution in [0.15, 0.2) is 0 Å². The van der Waals surface area contributed by atoms with Crippen molar-refractivity contribution in [2.45, 2.75) is 38.6 Å². The van der Waals surface area contributed by atoms with E-state index < -0.39 is 11.5 Å². The molecule has 5 nitrogen and oxygen atoms in total. The van der Waals surface area contributed by atoms with Gasteiger partial charge >= 0.3 is 5.97 Å². The molecule has 0 spiro atoms. The lowest BCUT2D eigenvalue weighted by Crippen LogP contribution is -2.56. The number of carboxylic acids is 1. The van der Waals surface area contributed by atoms with Gasteiger partial charge in [0, 0.05) is 0 Å². The molecule has 3 atom stereocenters. The van der Waals surface area contributed by atoms with E-state index in [-0.39, 0.29) is 23.7 Å². The molecule has 2 aliphatic rings. The van der Waals surface area contributed by atoms with Crippen LogP contribution in [0, 0.1) is 11.8 Å². The van der Waals surface area contributed by atoms with E-state index >= 15 is 0 Å². The van der Waals surface area contributed by atoms with Crippen molar-refractivity contribution in [1.29, 1.82) is 0 Å². The minimum atomic E-state index is -1.36. The van der Waals surface area contributed by atoms with Crippen LogP contribution in [-0.2, 0) is 14.4 Å². The van der Waals surface area contributed by atoms with Gasteiger partial charge in [-0.1, -0.05) is 13.3 Å². The highest BCUT2D eigenvalue weighted by atomic mass is 16.4. The Balaban J connectivity index is 2.31. The van der Waals surface area contributed by atoms with Gasteiger partial charge in [-0.15, -0.1) is 0 Å². The first kappa shape index (κ1) is 11.1. The maximum absolute atomic E-state index is 11.8. The second kappa shape index (κ2) is 3.30. The largest absolute Gasteiger partial charge is 0.479 e. The summed E-state index contributed by atoms with van der Waals surface area (Å²) in [5, 5.41) is 9.21. The van der Waals surface area contributed by atoms with Gasteiger partial charge in [0.1, 0.15) is 5.54 Å². The van der Waals surface area contributed by atoms with Gasteiger partial charge in [-0.25, -0.2) is 4.79 Å². The summed E-state index contributed by atoms with van der Waals surface area (Å²) in [6.45, 7) is 3.30. The average Bonchev–Trinajstić information content (AvgIpc) is 2.92. The standard InChI is InChI=1S/C11H15NO4/c1-3-4-11(2,10(15)16)12-8(13)6-5-7(6)9(12)14/h6-7H,3-5H2,1-2H3,(H,15,16). The fourth-order valence-electron chi connectivity index (χ4n) is 2.47. The van der Waals surface area contributed by atoms with Gasteiger partial charge in [-0.2, -0.15) is 0 Å². The number of nitrogens with zero attached hydrogens (tertiary/aromatic N) is 1. The van der Waals surface area contributed by atoms with Crippen LogP contribution in [0.2, 0.25) is 0 Å². The monoisotopic (exact) mass is 225 g/mol. The van der Waals surface area contributed by atoms with E-state index in [2.05, 4.69) is 0 Å². The highest BCUT2D eigenvalue weighted by molar-refractivity contribution is 6.11. The van der Waals surface area contributed by atoms with E-state index in [1.54, 1.807) is 0 Å². The molecule has 88 valence electrons. The van der Waals surface area contributed by atoms with Crippen LogP contribution >= 0.6 is 0 Å². The van der Waals surface area contributed by atoms with Gasteiger partial charge in [0.15, 0.2) is 0 Å². The van der Waals surface area contributed by atoms with Crippen molar-refractivity contribution < 1.29 is 19.5 Å². The van der Waals surface area contributed by atoms with Crippen LogP contribution in [0.1, 0.15) is 33.1 Å². The van der Waals surface area contributed by atoms with E-state index in [0.29, 0.717) is 19.3 Å². The van der Waals surface area contributed by atoms with Crippen LogP contribution in [0.3, 0.4) is 0 Å². The van der Waals surface area contributed by atoms with E-state index in [1.807, 2.05) is 6.92 Å². The van der Waals surface area contributed by atoms with Crippen molar-refractivity contribution in [3.05, 3.63) is 0 Å². The number of hydrogen-bond acceptors (Lipinski definition) is 3. The highest BCUT2D eigenvalue weighted by Crippen LogP contribution is 2.49. The van der Waals surface area contributed by atoms with E-state index in [4.69, 9.17) is 0 Å². The van der Waals surface area contributed by atoms with Crippen molar-refractivity contribution in [2.24, 2.45) is 11.8 Å². The van der Waals surface area contributed by atoms with Crippen LogP contribution < -0.4 is 0 Å². The van der Waals surface area contributed by atoms with Crippen LogP contribution in [0.5, 0.6) is 0 Å². The molecular weight excluding hydrogens is 210 g/mol. The highest BCUT2D eigenvalue weighted by Gasteiger charge is 2.64. The molecule has 0 radical (unpaired) electrons. The predicted octanol–water partition coefficient (Wildman–Crippen LogP) is 0.635. The minimum Gasteiger partial charge on any atom is -0.479 e.